The van der Waals surface area contributed by atoms with Crippen LogP contribution in [0.3, 0.4) is 0 Å². The van der Waals surface area contributed by atoms with Gasteiger partial charge in [-0.2, -0.15) is 5.26 Å². The second-order valence-corrected chi connectivity index (χ2v) is 5.12. The number of piperidine rings is 1. The van der Waals surface area contributed by atoms with Gasteiger partial charge >= 0.3 is 0 Å². The summed E-state index contributed by atoms with van der Waals surface area (Å²) in [7, 11) is 0. The number of amides is 1. The molecule has 0 aliphatic carbocycles. The minimum Gasteiger partial charge on any atom is -0.337 e. The van der Waals surface area contributed by atoms with E-state index in [9.17, 15) is 4.79 Å². The standard InChI is InChI=1S/C16H21N3O/c1-2-19(16(20)15-9-5-6-10-18-15)12-14-8-4-3-7-13(14)11-17/h3-4,7-8,15,18H,2,5-6,9-10,12H2,1H3/t15-/m0/s1. The molecule has 0 spiro atoms. The van der Waals surface area contributed by atoms with Crippen LogP contribution in [0.25, 0.3) is 0 Å². The Kier molecular flexibility index (Phi) is 5.14. The molecule has 1 atom stereocenters. The first-order valence-electron chi connectivity index (χ1n) is 7.26. The van der Waals surface area contributed by atoms with Crippen LogP contribution in [0, 0.1) is 11.3 Å². The van der Waals surface area contributed by atoms with E-state index in [-0.39, 0.29) is 11.9 Å². The predicted octanol–water partition coefficient (Wildman–Crippen LogP) is 2.05. The lowest BCUT2D eigenvalue weighted by molar-refractivity contribution is -0.134. The largest absolute Gasteiger partial charge is 0.337 e. The molecular weight excluding hydrogens is 250 g/mol. The van der Waals surface area contributed by atoms with Crippen LogP contribution in [-0.4, -0.2) is 29.9 Å². The van der Waals surface area contributed by atoms with Crippen LogP contribution in [0.5, 0.6) is 0 Å². The molecule has 0 unspecified atom stereocenters. The lowest BCUT2D eigenvalue weighted by Crippen LogP contribution is -2.48. The molecule has 1 aromatic carbocycles. The molecule has 0 saturated carbocycles. The highest BCUT2D eigenvalue weighted by Gasteiger charge is 2.25. The van der Waals surface area contributed by atoms with Crippen LogP contribution >= 0.6 is 0 Å². The second-order valence-electron chi connectivity index (χ2n) is 5.12. The lowest BCUT2D eigenvalue weighted by atomic mass is 10.0. The van der Waals surface area contributed by atoms with Crippen LogP contribution in [0.1, 0.15) is 37.3 Å². The molecule has 20 heavy (non-hydrogen) atoms. The Labute approximate surface area is 120 Å². The van der Waals surface area contributed by atoms with Gasteiger partial charge in [-0.1, -0.05) is 24.6 Å². The van der Waals surface area contributed by atoms with E-state index in [4.69, 9.17) is 5.26 Å². The monoisotopic (exact) mass is 271 g/mol. The molecule has 0 aromatic heterocycles. The highest BCUT2D eigenvalue weighted by molar-refractivity contribution is 5.82. The first kappa shape index (κ1) is 14.5. The Balaban J connectivity index is 2.08. The summed E-state index contributed by atoms with van der Waals surface area (Å²) in [5, 5.41) is 12.4. The quantitative estimate of drug-likeness (QED) is 0.912. The van der Waals surface area contributed by atoms with Crippen LogP contribution in [0.2, 0.25) is 0 Å². The molecule has 2 rings (SSSR count). The van der Waals surface area contributed by atoms with Gasteiger partial charge in [0.1, 0.15) is 0 Å². The molecule has 1 amide bonds. The summed E-state index contributed by atoms with van der Waals surface area (Å²) in [4.78, 5) is 14.3. The maximum absolute atomic E-state index is 12.5. The lowest BCUT2D eigenvalue weighted by Gasteiger charge is -2.29. The first-order chi connectivity index (χ1) is 9.76. The summed E-state index contributed by atoms with van der Waals surface area (Å²) in [6, 6.07) is 9.61. The van der Waals surface area contributed by atoms with Crippen molar-refractivity contribution in [3.05, 3.63) is 35.4 Å². The number of carbonyl (C=O) groups excluding carboxylic acids is 1. The average molecular weight is 271 g/mol. The van der Waals surface area contributed by atoms with Gasteiger partial charge in [0.2, 0.25) is 5.91 Å². The SMILES string of the molecule is CCN(Cc1ccccc1C#N)C(=O)[C@@H]1CCCCN1. The fraction of sp³-hybridized carbons (Fsp3) is 0.500. The topological polar surface area (TPSA) is 56.1 Å². The van der Waals surface area contributed by atoms with Crippen molar-refractivity contribution in [2.24, 2.45) is 0 Å². The molecule has 1 saturated heterocycles. The Bertz CT molecular complexity index is 501. The maximum atomic E-state index is 12.5. The first-order valence-corrected chi connectivity index (χ1v) is 7.26. The zero-order valence-electron chi connectivity index (χ0n) is 11.9. The molecule has 106 valence electrons. The Hall–Kier alpha value is -1.86. The van der Waals surface area contributed by atoms with Crippen molar-refractivity contribution in [3.8, 4) is 6.07 Å². The molecule has 4 heteroatoms. The maximum Gasteiger partial charge on any atom is 0.239 e. The number of carbonyl (C=O) groups is 1. The highest BCUT2D eigenvalue weighted by Crippen LogP contribution is 2.14. The van der Waals surface area contributed by atoms with E-state index in [0.29, 0.717) is 18.7 Å². The summed E-state index contributed by atoms with van der Waals surface area (Å²) in [5.41, 5.74) is 1.57. The van der Waals surface area contributed by atoms with Crippen LogP contribution in [0.4, 0.5) is 0 Å². The Morgan fingerprint density at radius 3 is 2.90 bits per heavy atom. The van der Waals surface area contributed by atoms with Crippen molar-refractivity contribution < 1.29 is 4.79 Å². The minimum absolute atomic E-state index is 0.0575. The fourth-order valence-corrected chi connectivity index (χ4v) is 2.60. The van der Waals surface area contributed by atoms with Gasteiger partial charge < -0.3 is 10.2 Å². The number of nitrogens with zero attached hydrogens (tertiary/aromatic N) is 2. The van der Waals surface area contributed by atoms with E-state index in [1.165, 1.54) is 0 Å². The molecule has 0 bridgehead atoms. The number of hydrogen-bond donors (Lipinski definition) is 1. The number of hydrogen-bond acceptors (Lipinski definition) is 3. The molecule has 1 heterocycles. The second kappa shape index (κ2) is 7.06. The normalized spacial score (nSPS) is 18.3. The molecule has 1 fully saturated rings. The summed E-state index contributed by atoms with van der Waals surface area (Å²) in [6.07, 6.45) is 3.16. The average Bonchev–Trinajstić information content (AvgIpc) is 2.53. The van der Waals surface area contributed by atoms with Gasteiger partial charge in [0.15, 0.2) is 0 Å². The van der Waals surface area contributed by atoms with E-state index < -0.39 is 0 Å². The van der Waals surface area contributed by atoms with Crippen molar-refractivity contribution >= 4 is 5.91 Å². The highest BCUT2D eigenvalue weighted by atomic mass is 16.2. The van der Waals surface area contributed by atoms with Crippen molar-refractivity contribution in [1.29, 1.82) is 5.26 Å². The van der Waals surface area contributed by atoms with Gasteiger partial charge in [0.05, 0.1) is 17.7 Å². The van der Waals surface area contributed by atoms with Crippen molar-refractivity contribution in [2.75, 3.05) is 13.1 Å². The van der Waals surface area contributed by atoms with Crippen molar-refractivity contribution in [1.82, 2.24) is 10.2 Å². The van der Waals surface area contributed by atoms with Crippen molar-refractivity contribution in [2.45, 2.75) is 38.8 Å². The number of likely N-dealkylation sites (N-methyl/N-ethyl adjacent to an activating group) is 1. The van der Waals surface area contributed by atoms with Gasteiger partial charge in [-0.15, -0.1) is 0 Å². The molecule has 4 nitrogen and oxygen atoms in total. The Morgan fingerprint density at radius 2 is 2.25 bits per heavy atom. The molecule has 1 aromatic rings. The smallest absolute Gasteiger partial charge is 0.239 e. The summed E-state index contributed by atoms with van der Waals surface area (Å²) < 4.78 is 0. The zero-order chi connectivity index (χ0) is 14.4. The minimum atomic E-state index is -0.0575. The fourth-order valence-electron chi connectivity index (χ4n) is 2.60. The third kappa shape index (κ3) is 3.37. The third-order valence-corrected chi connectivity index (χ3v) is 3.80. The molecule has 1 aliphatic rings. The predicted molar refractivity (Wildman–Crippen MR) is 77.9 cm³/mol. The molecule has 1 aliphatic heterocycles. The van der Waals surface area contributed by atoms with E-state index >= 15 is 0 Å². The number of benzene rings is 1. The van der Waals surface area contributed by atoms with Crippen LogP contribution in [0.15, 0.2) is 24.3 Å². The number of nitriles is 1. The molecule has 1 N–H and O–H groups in total. The van der Waals surface area contributed by atoms with Gasteiger partial charge in [-0.3, -0.25) is 4.79 Å². The van der Waals surface area contributed by atoms with Crippen LogP contribution in [-0.2, 0) is 11.3 Å². The van der Waals surface area contributed by atoms with Gasteiger partial charge in [0, 0.05) is 13.1 Å². The van der Waals surface area contributed by atoms with Gasteiger partial charge in [0.25, 0.3) is 0 Å². The summed E-state index contributed by atoms with van der Waals surface area (Å²) in [5.74, 6) is 0.153. The number of rotatable bonds is 4. The summed E-state index contributed by atoms with van der Waals surface area (Å²) >= 11 is 0. The summed E-state index contributed by atoms with van der Waals surface area (Å²) in [6.45, 7) is 4.08. The van der Waals surface area contributed by atoms with E-state index in [0.717, 1.165) is 31.4 Å². The van der Waals surface area contributed by atoms with E-state index in [1.807, 2.05) is 30.0 Å². The van der Waals surface area contributed by atoms with Gasteiger partial charge in [-0.25, -0.2) is 0 Å². The number of nitrogens with one attached hydrogen (secondary N) is 1. The Morgan fingerprint density at radius 1 is 1.45 bits per heavy atom. The van der Waals surface area contributed by atoms with Gasteiger partial charge in [-0.05, 0) is 37.9 Å². The molecule has 0 radical (unpaired) electrons. The molecular formula is C16H21N3O. The third-order valence-electron chi connectivity index (χ3n) is 3.80. The van der Waals surface area contributed by atoms with Crippen molar-refractivity contribution in [3.63, 3.8) is 0 Å². The van der Waals surface area contributed by atoms with E-state index in [2.05, 4.69) is 11.4 Å². The van der Waals surface area contributed by atoms with Crippen LogP contribution < -0.4 is 5.32 Å². The zero-order valence-corrected chi connectivity index (χ0v) is 11.9. The van der Waals surface area contributed by atoms with E-state index in [1.54, 1.807) is 6.07 Å².